The molecule has 0 saturated carbocycles. The van der Waals surface area contributed by atoms with Gasteiger partial charge in [-0.05, 0) is 44.8 Å². The smallest absolute Gasteiger partial charge is 0.272 e. The Morgan fingerprint density at radius 3 is 2.85 bits per heavy atom. The molecule has 1 aromatic rings. The molecule has 112 valence electrons. The van der Waals surface area contributed by atoms with E-state index in [2.05, 4.69) is 33.7 Å². The van der Waals surface area contributed by atoms with E-state index in [1.807, 2.05) is 0 Å². The maximum absolute atomic E-state index is 11.6. The molecule has 20 heavy (non-hydrogen) atoms. The normalized spacial score (nSPS) is 23.7. The predicted octanol–water partition coefficient (Wildman–Crippen LogP) is 1.16. The lowest BCUT2D eigenvalue weighted by Gasteiger charge is -2.35. The second-order valence-electron chi connectivity index (χ2n) is 5.27. The largest absolute Gasteiger partial charge is 0.373 e. The van der Waals surface area contributed by atoms with Gasteiger partial charge in [0.2, 0.25) is 0 Å². The van der Waals surface area contributed by atoms with E-state index in [4.69, 9.17) is 4.74 Å². The van der Waals surface area contributed by atoms with Gasteiger partial charge in [0.05, 0.1) is 12.2 Å². The summed E-state index contributed by atoms with van der Waals surface area (Å²) < 4.78 is 9.38. The average Bonchev–Trinajstić information content (AvgIpc) is 2.90. The molecule has 7 heteroatoms. The third kappa shape index (κ3) is 4.81. The van der Waals surface area contributed by atoms with E-state index < -0.39 is 0 Å². The second-order valence-corrected chi connectivity index (χ2v) is 5.88. The van der Waals surface area contributed by atoms with Crippen LogP contribution in [0.3, 0.4) is 0 Å². The Labute approximate surface area is 123 Å². The molecule has 1 aromatic heterocycles. The van der Waals surface area contributed by atoms with Crippen molar-refractivity contribution in [3.05, 3.63) is 11.1 Å². The molecule has 1 N–H and O–H groups in total. The van der Waals surface area contributed by atoms with Crippen molar-refractivity contribution in [1.82, 2.24) is 19.8 Å². The fourth-order valence-corrected chi connectivity index (χ4v) is 2.92. The topological polar surface area (TPSA) is 67.4 Å². The standard InChI is InChI=1S/C13H22N4O2S/c1-10-7-17(8-11(2)19-10)6-4-3-5-14-13(18)12-9-20-16-15-12/h9-11H,3-8H2,1-2H3,(H,14,18). The molecule has 1 amide bonds. The Bertz CT molecular complexity index is 403. The summed E-state index contributed by atoms with van der Waals surface area (Å²) in [6.45, 7) is 7.98. The van der Waals surface area contributed by atoms with Crippen molar-refractivity contribution in [3.8, 4) is 0 Å². The quantitative estimate of drug-likeness (QED) is 0.798. The van der Waals surface area contributed by atoms with Crippen molar-refractivity contribution in [3.63, 3.8) is 0 Å². The maximum atomic E-state index is 11.6. The molecule has 1 aliphatic rings. The van der Waals surface area contributed by atoms with E-state index in [0.717, 1.165) is 32.5 Å². The molecular formula is C13H22N4O2S. The van der Waals surface area contributed by atoms with Crippen molar-refractivity contribution in [1.29, 1.82) is 0 Å². The number of hydrogen-bond acceptors (Lipinski definition) is 6. The van der Waals surface area contributed by atoms with Gasteiger partial charge < -0.3 is 10.1 Å². The Morgan fingerprint density at radius 2 is 2.20 bits per heavy atom. The monoisotopic (exact) mass is 298 g/mol. The highest BCUT2D eigenvalue weighted by atomic mass is 32.1. The third-order valence-electron chi connectivity index (χ3n) is 3.27. The number of amides is 1. The van der Waals surface area contributed by atoms with Gasteiger partial charge in [-0.15, -0.1) is 5.10 Å². The number of carbonyl (C=O) groups is 1. The summed E-state index contributed by atoms with van der Waals surface area (Å²) in [7, 11) is 0. The average molecular weight is 298 g/mol. The molecule has 0 radical (unpaired) electrons. The van der Waals surface area contributed by atoms with Crippen LogP contribution in [-0.4, -0.2) is 58.8 Å². The SMILES string of the molecule is CC1CN(CCCCNC(=O)c2csnn2)CC(C)O1. The lowest BCUT2D eigenvalue weighted by Crippen LogP contribution is -2.45. The van der Waals surface area contributed by atoms with Gasteiger partial charge >= 0.3 is 0 Å². The number of nitrogens with zero attached hydrogens (tertiary/aromatic N) is 3. The maximum Gasteiger partial charge on any atom is 0.272 e. The van der Waals surface area contributed by atoms with E-state index in [1.54, 1.807) is 5.38 Å². The van der Waals surface area contributed by atoms with Crippen LogP contribution in [0.15, 0.2) is 5.38 Å². The molecule has 2 heterocycles. The Balaban J connectivity index is 1.56. The highest BCUT2D eigenvalue weighted by Gasteiger charge is 2.21. The summed E-state index contributed by atoms with van der Waals surface area (Å²) in [4.78, 5) is 14.1. The lowest BCUT2D eigenvalue weighted by atomic mass is 10.2. The van der Waals surface area contributed by atoms with Crippen molar-refractivity contribution >= 4 is 17.4 Å². The molecule has 0 aromatic carbocycles. The minimum atomic E-state index is -0.132. The van der Waals surface area contributed by atoms with Crippen molar-refractivity contribution < 1.29 is 9.53 Å². The van der Waals surface area contributed by atoms with E-state index in [9.17, 15) is 4.79 Å². The number of nitrogens with one attached hydrogen (secondary N) is 1. The minimum absolute atomic E-state index is 0.132. The van der Waals surface area contributed by atoms with Crippen LogP contribution in [0.25, 0.3) is 0 Å². The molecule has 0 spiro atoms. The molecule has 0 bridgehead atoms. The van der Waals surface area contributed by atoms with Gasteiger partial charge in [-0.3, -0.25) is 9.69 Å². The second kappa shape index (κ2) is 7.66. The first-order valence-corrected chi connectivity index (χ1v) is 7.92. The van der Waals surface area contributed by atoms with Gasteiger partial charge in [0.25, 0.3) is 5.91 Å². The molecule has 2 rings (SSSR count). The van der Waals surface area contributed by atoms with Crippen LogP contribution in [0.5, 0.6) is 0 Å². The van der Waals surface area contributed by atoms with Crippen LogP contribution in [-0.2, 0) is 4.74 Å². The van der Waals surface area contributed by atoms with E-state index in [0.29, 0.717) is 24.4 Å². The van der Waals surface area contributed by atoms with Gasteiger partial charge in [-0.2, -0.15) is 0 Å². The van der Waals surface area contributed by atoms with E-state index in [-0.39, 0.29) is 5.91 Å². The van der Waals surface area contributed by atoms with Gasteiger partial charge in [-0.25, -0.2) is 0 Å². The molecule has 1 aliphatic heterocycles. The predicted molar refractivity (Wildman–Crippen MR) is 77.9 cm³/mol. The van der Waals surface area contributed by atoms with E-state index >= 15 is 0 Å². The van der Waals surface area contributed by atoms with Crippen molar-refractivity contribution in [2.45, 2.75) is 38.9 Å². The number of carbonyl (C=O) groups excluding carboxylic acids is 1. The highest BCUT2D eigenvalue weighted by Crippen LogP contribution is 2.11. The van der Waals surface area contributed by atoms with Crippen LogP contribution >= 0.6 is 11.5 Å². The number of ether oxygens (including phenoxy) is 1. The summed E-state index contributed by atoms with van der Waals surface area (Å²) in [6, 6.07) is 0. The van der Waals surface area contributed by atoms with Gasteiger partial charge in [0.15, 0.2) is 5.69 Å². The zero-order valence-electron chi connectivity index (χ0n) is 12.0. The third-order valence-corrected chi connectivity index (χ3v) is 3.78. The molecule has 6 nitrogen and oxygen atoms in total. The van der Waals surface area contributed by atoms with Gasteiger partial charge in [-0.1, -0.05) is 4.49 Å². The highest BCUT2D eigenvalue weighted by molar-refractivity contribution is 7.03. The summed E-state index contributed by atoms with van der Waals surface area (Å²) in [6.07, 6.45) is 2.68. The Morgan fingerprint density at radius 1 is 1.45 bits per heavy atom. The molecule has 2 unspecified atom stereocenters. The fraction of sp³-hybridized carbons (Fsp3) is 0.769. The first kappa shape index (κ1) is 15.3. The van der Waals surface area contributed by atoms with Gasteiger partial charge in [0.1, 0.15) is 0 Å². The number of morpholine rings is 1. The number of aromatic nitrogens is 2. The lowest BCUT2D eigenvalue weighted by molar-refractivity contribution is -0.0681. The molecule has 0 aliphatic carbocycles. The summed E-state index contributed by atoms with van der Waals surface area (Å²) in [5.74, 6) is -0.132. The van der Waals surface area contributed by atoms with Crippen LogP contribution in [0.1, 0.15) is 37.2 Å². The van der Waals surface area contributed by atoms with Crippen molar-refractivity contribution in [2.24, 2.45) is 0 Å². The van der Waals surface area contributed by atoms with Crippen LogP contribution in [0, 0.1) is 0 Å². The first-order chi connectivity index (χ1) is 9.65. The first-order valence-electron chi connectivity index (χ1n) is 7.08. The van der Waals surface area contributed by atoms with Crippen LogP contribution in [0.4, 0.5) is 0 Å². The number of hydrogen-bond donors (Lipinski definition) is 1. The number of unbranched alkanes of at least 4 members (excludes halogenated alkanes) is 1. The number of rotatable bonds is 6. The van der Waals surface area contributed by atoms with Crippen molar-refractivity contribution in [2.75, 3.05) is 26.2 Å². The minimum Gasteiger partial charge on any atom is -0.373 e. The zero-order chi connectivity index (χ0) is 14.4. The van der Waals surface area contributed by atoms with Gasteiger partial charge in [0, 0.05) is 25.0 Å². The summed E-state index contributed by atoms with van der Waals surface area (Å²) in [5.41, 5.74) is 0.408. The van der Waals surface area contributed by atoms with Crippen LogP contribution in [0.2, 0.25) is 0 Å². The Hall–Kier alpha value is -1.05. The molecule has 2 atom stereocenters. The van der Waals surface area contributed by atoms with E-state index in [1.165, 1.54) is 11.5 Å². The Kier molecular flexibility index (Phi) is 5.87. The molecular weight excluding hydrogens is 276 g/mol. The van der Waals surface area contributed by atoms with Crippen LogP contribution < -0.4 is 5.32 Å². The molecule has 1 fully saturated rings. The zero-order valence-corrected chi connectivity index (χ0v) is 12.9. The summed E-state index contributed by atoms with van der Waals surface area (Å²) >= 11 is 1.19. The summed E-state index contributed by atoms with van der Waals surface area (Å²) in [5, 5.41) is 8.26. The molecule has 1 saturated heterocycles. The fourth-order valence-electron chi connectivity index (χ4n) is 2.48.